The standard InChI is InChI=1S/C10H16N4/c1-3-8(7-11-5-1)10-13-12-9-4-2-6-14(9)10/h8,11H,1-7H2/t8-/m1/s1. The highest BCUT2D eigenvalue weighted by Crippen LogP contribution is 2.25. The van der Waals surface area contributed by atoms with E-state index in [0.717, 1.165) is 26.1 Å². The smallest absolute Gasteiger partial charge is 0.137 e. The number of nitrogens with one attached hydrogen (secondary N) is 1. The van der Waals surface area contributed by atoms with Gasteiger partial charge < -0.3 is 9.88 Å². The molecule has 4 heteroatoms. The molecular formula is C10H16N4. The number of hydrogen-bond acceptors (Lipinski definition) is 3. The Balaban J connectivity index is 1.88. The van der Waals surface area contributed by atoms with E-state index >= 15 is 0 Å². The lowest BCUT2D eigenvalue weighted by Gasteiger charge is -2.21. The Morgan fingerprint density at radius 1 is 1.29 bits per heavy atom. The van der Waals surface area contributed by atoms with Crippen LogP contribution in [-0.4, -0.2) is 27.9 Å². The average Bonchev–Trinajstić information content (AvgIpc) is 2.79. The molecule has 0 spiro atoms. The predicted octanol–water partition coefficient (Wildman–Crippen LogP) is 0.691. The normalized spacial score (nSPS) is 26.4. The molecule has 0 radical (unpaired) electrons. The molecule has 0 aromatic carbocycles. The number of fused-ring (bicyclic) bond motifs is 1. The Hall–Kier alpha value is -0.900. The summed E-state index contributed by atoms with van der Waals surface area (Å²) in [5.41, 5.74) is 0. The summed E-state index contributed by atoms with van der Waals surface area (Å²) >= 11 is 0. The summed E-state index contributed by atoms with van der Waals surface area (Å²) in [4.78, 5) is 0. The molecule has 2 aliphatic heterocycles. The lowest BCUT2D eigenvalue weighted by atomic mass is 9.99. The van der Waals surface area contributed by atoms with Gasteiger partial charge in [-0.2, -0.15) is 0 Å². The summed E-state index contributed by atoms with van der Waals surface area (Å²) < 4.78 is 2.33. The van der Waals surface area contributed by atoms with Crippen LogP contribution in [0.15, 0.2) is 0 Å². The molecule has 0 bridgehead atoms. The Bertz CT molecular complexity index is 325. The van der Waals surface area contributed by atoms with Gasteiger partial charge in [0.1, 0.15) is 11.6 Å². The zero-order valence-electron chi connectivity index (χ0n) is 8.37. The monoisotopic (exact) mass is 192 g/mol. The zero-order chi connectivity index (χ0) is 9.38. The van der Waals surface area contributed by atoms with Crippen LogP contribution in [0.1, 0.15) is 36.8 Å². The summed E-state index contributed by atoms with van der Waals surface area (Å²) in [6.45, 7) is 3.38. The van der Waals surface area contributed by atoms with E-state index in [-0.39, 0.29) is 0 Å². The third-order valence-electron chi connectivity index (χ3n) is 3.30. The summed E-state index contributed by atoms with van der Waals surface area (Å²) in [7, 11) is 0. The number of aryl methyl sites for hydroxylation is 1. The molecule has 1 fully saturated rings. The van der Waals surface area contributed by atoms with E-state index in [0.29, 0.717) is 5.92 Å². The van der Waals surface area contributed by atoms with E-state index in [1.807, 2.05) is 0 Å². The fraction of sp³-hybridized carbons (Fsp3) is 0.800. The third-order valence-corrected chi connectivity index (χ3v) is 3.30. The summed E-state index contributed by atoms with van der Waals surface area (Å²) in [6.07, 6.45) is 4.91. The molecular weight excluding hydrogens is 176 g/mol. The molecule has 0 unspecified atom stereocenters. The van der Waals surface area contributed by atoms with Crippen molar-refractivity contribution < 1.29 is 0 Å². The Kier molecular flexibility index (Phi) is 2.01. The minimum Gasteiger partial charge on any atom is -0.316 e. The predicted molar refractivity (Wildman–Crippen MR) is 53.2 cm³/mol. The summed E-state index contributed by atoms with van der Waals surface area (Å²) in [5, 5.41) is 12.0. The lowest BCUT2D eigenvalue weighted by molar-refractivity contribution is 0.433. The van der Waals surface area contributed by atoms with E-state index in [1.54, 1.807) is 0 Å². The number of hydrogen-bond donors (Lipinski definition) is 1. The molecule has 0 aliphatic carbocycles. The van der Waals surface area contributed by atoms with Crippen LogP contribution in [0.2, 0.25) is 0 Å². The average molecular weight is 192 g/mol. The molecule has 1 N–H and O–H groups in total. The van der Waals surface area contributed by atoms with Gasteiger partial charge in [0.05, 0.1) is 0 Å². The Morgan fingerprint density at radius 2 is 2.29 bits per heavy atom. The highest BCUT2D eigenvalue weighted by atomic mass is 15.3. The molecule has 1 aromatic heterocycles. The first kappa shape index (κ1) is 8.41. The second kappa shape index (κ2) is 3.35. The van der Waals surface area contributed by atoms with Gasteiger partial charge >= 0.3 is 0 Å². The maximum atomic E-state index is 4.33. The topological polar surface area (TPSA) is 42.7 Å². The molecule has 0 amide bonds. The van der Waals surface area contributed by atoms with Crippen molar-refractivity contribution in [3.8, 4) is 0 Å². The first-order valence-electron chi connectivity index (χ1n) is 5.58. The maximum absolute atomic E-state index is 4.33. The van der Waals surface area contributed by atoms with Crippen molar-refractivity contribution in [1.29, 1.82) is 0 Å². The van der Waals surface area contributed by atoms with Crippen molar-refractivity contribution in [2.45, 2.75) is 38.1 Å². The molecule has 1 atom stereocenters. The van der Waals surface area contributed by atoms with E-state index in [4.69, 9.17) is 0 Å². The Labute approximate surface area is 83.7 Å². The molecule has 1 aromatic rings. The lowest BCUT2D eigenvalue weighted by Crippen LogP contribution is -2.30. The second-order valence-electron chi connectivity index (χ2n) is 4.27. The van der Waals surface area contributed by atoms with E-state index in [2.05, 4.69) is 20.1 Å². The van der Waals surface area contributed by atoms with Gasteiger partial charge in [0.15, 0.2) is 0 Å². The second-order valence-corrected chi connectivity index (χ2v) is 4.27. The first-order valence-corrected chi connectivity index (χ1v) is 5.58. The summed E-state index contributed by atoms with van der Waals surface area (Å²) in [6, 6.07) is 0. The highest BCUT2D eigenvalue weighted by Gasteiger charge is 2.24. The van der Waals surface area contributed by atoms with Gasteiger partial charge in [-0.15, -0.1) is 10.2 Å². The fourth-order valence-electron chi connectivity index (χ4n) is 2.55. The Morgan fingerprint density at radius 3 is 3.14 bits per heavy atom. The van der Waals surface area contributed by atoms with Gasteiger partial charge in [0.2, 0.25) is 0 Å². The van der Waals surface area contributed by atoms with Gasteiger partial charge in [0, 0.05) is 25.4 Å². The molecule has 76 valence electrons. The van der Waals surface area contributed by atoms with Crippen LogP contribution < -0.4 is 5.32 Å². The van der Waals surface area contributed by atoms with Crippen molar-refractivity contribution in [2.24, 2.45) is 0 Å². The third kappa shape index (κ3) is 1.25. The largest absolute Gasteiger partial charge is 0.316 e. The van der Waals surface area contributed by atoms with E-state index in [9.17, 15) is 0 Å². The van der Waals surface area contributed by atoms with E-state index in [1.165, 1.54) is 30.9 Å². The van der Waals surface area contributed by atoms with Gasteiger partial charge in [-0.05, 0) is 25.8 Å². The van der Waals surface area contributed by atoms with Gasteiger partial charge in [-0.1, -0.05) is 0 Å². The molecule has 3 heterocycles. The van der Waals surface area contributed by atoms with Crippen LogP contribution in [0.5, 0.6) is 0 Å². The SMILES string of the molecule is C1CNC[C@H](c2nnc3n2CCC3)C1. The van der Waals surface area contributed by atoms with Crippen LogP contribution in [0, 0.1) is 0 Å². The summed E-state index contributed by atoms with van der Waals surface area (Å²) in [5.74, 6) is 3.03. The molecule has 2 aliphatic rings. The number of nitrogens with zero attached hydrogens (tertiary/aromatic N) is 3. The number of rotatable bonds is 1. The van der Waals surface area contributed by atoms with E-state index < -0.39 is 0 Å². The highest BCUT2D eigenvalue weighted by molar-refractivity contribution is 5.06. The van der Waals surface area contributed by atoms with Crippen LogP contribution >= 0.6 is 0 Å². The van der Waals surface area contributed by atoms with Crippen molar-refractivity contribution in [3.05, 3.63) is 11.6 Å². The molecule has 3 rings (SSSR count). The van der Waals surface area contributed by atoms with Crippen LogP contribution in [0.4, 0.5) is 0 Å². The molecule has 1 saturated heterocycles. The number of aromatic nitrogens is 3. The van der Waals surface area contributed by atoms with Crippen LogP contribution in [0.3, 0.4) is 0 Å². The zero-order valence-corrected chi connectivity index (χ0v) is 8.37. The fourth-order valence-corrected chi connectivity index (χ4v) is 2.55. The molecule has 4 nitrogen and oxygen atoms in total. The minimum absolute atomic E-state index is 0.600. The van der Waals surface area contributed by atoms with Crippen molar-refractivity contribution in [2.75, 3.05) is 13.1 Å². The maximum Gasteiger partial charge on any atom is 0.137 e. The molecule has 14 heavy (non-hydrogen) atoms. The van der Waals surface area contributed by atoms with Gasteiger partial charge in [-0.25, -0.2) is 0 Å². The van der Waals surface area contributed by atoms with Crippen molar-refractivity contribution in [1.82, 2.24) is 20.1 Å². The molecule has 0 saturated carbocycles. The van der Waals surface area contributed by atoms with Gasteiger partial charge in [-0.3, -0.25) is 0 Å². The van der Waals surface area contributed by atoms with Crippen molar-refractivity contribution >= 4 is 0 Å². The van der Waals surface area contributed by atoms with Crippen LogP contribution in [-0.2, 0) is 13.0 Å². The van der Waals surface area contributed by atoms with Crippen LogP contribution in [0.25, 0.3) is 0 Å². The minimum atomic E-state index is 0.600. The van der Waals surface area contributed by atoms with Crippen molar-refractivity contribution in [3.63, 3.8) is 0 Å². The van der Waals surface area contributed by atoms with Gasteiger partial charge in [0.25, 0.3) is 0 Å². The first-order chi connectivity index (χ1) is 6.95. The quantitative estimate of drug-likeness (QED) is 0.712. The number of piperidine rings is 1.